The second kappa shape index (κ2) is 8.27. The molecule has 0 aromatic heterocycles. The first kappa shape index (κ1) is 18.4. The number of aliphatic hydroxyl groups is 1. The van der Waals surface area contributed by atoms with Gasteiger partial charge < -0.3 is 15.7 Å². The van der Waals surface area contributed by atoms with E-state index in [0.717, 1.165) is 5.56 Å². The Morgan fingerprint density at radius 1 is 1.36 bits per heavy atom. The normalized spacial score (nSPS) is 11.5. The van der Waals surface area contributed by atoms with E-state index in [2.05, 4.69) is 10.6 Å². The quantitative estimate of drug-likeness (QED) is 0.754. The van der Waals surface area contributed by atoms with Crippen molar-refractivity contribution in [2.75, 3.05) is 18.5 Å². The molecule has 0 aliphatic carbocycles. The fraction of sp³-hybridized carbons (Fsp3) is 0.263. The molecule has 5 nitrogen and oxygen atoms in total. The van der Waals surface area contributed by atoms with Crippen LogP contribution in [-0.4, -0.2) is 24.2 Å². The molecular weight excluding hydrogens is 321 g/mol. The fourth-order valence-corrected chi connectivity index (χ4v) is 2.56. The molecule has 0 spiro atoms. The number of nitriles is 1. The predicted octanol–water partition coefficient (Wildman–Crippen LogP) is 2.90. The molecule has 0 radical (unpaired) electrons. The van der Waals surface area contributed by atoms with Crippen molar-refractivity contribution >= 4 is 11.6 Å². The number of hydrogen-bond acceptors (Lipinski definition) is 4. The van der Waals surface area contributed by atoms with Gasteiger partial charge in [-0.1, -0.05) is 12.1 Å². The summed E-state index contributed by atoms with van der Waals surface area (Å²) < 4.78 is 14.2. The van der Waals surface area contributed by atoms with Gasteiger partial charge in [0.05, 0.1) is 24.3 Å². The van der Waals surface area contributed by atoms with Crippen molar-refractivity contribution in [1.82, 2.24) is 5.32 Å². The zero-order chi connectivity index (χ0) is 18.4. The van der Waals surface area contributed by atoms with E-state index >= 15 is 0 Å². The van der Waals surface area contributed by atoms with E-state index in [1.807, 2.05) is 19.1 Å². The molecule has 3 N–H and O–H groups in total. The number of carbonyl (C=O) groups is 1. The van der Waals surface area contributed by atoms with Gasteiger partial charge in [0.2, 0.25) is 0 Å². The maximum atomic E-state index is 14.2. The van der Waals surface area contributed by atoms with E-state index in [-0.39, 0.29) is 30.7 Å². The number of anilines is 1. The van der Waals surface area contributed by atoms with Gasteiger partial charge in [-0.25, -0.2) is 4.39 Å². The molecule has 130 valence electrons. The highest BCUT2D eigenvalue weighted by Gasteiger charge is 2.15. The van der Waals surface area contributed by atoms with Crippen LogP contribution in [0.15, 0.2) is 36.4 Å². The van der Waals surface area contributed by atoms with Crippen LogP contribution in [0.3, 0.4) is 0 Å². The third kappa shape index (κ3) is 4.34. The minimum absolute atomic E-state index is 0.127. The maximum Gasteiger partial charge on any atom is 0.251 e. The van der Waals surface area contributed by atoms with Crippen LogP contribution in [0, 0.1) is 24.1 Å². The zero-order valence-corrected chi connectivity index (χ0v) is 14.1. The van der Waals surface area contributed by atoms with E-state index < -0.39 is 5.82 Å². The van der Waals surface area contributed by atoms with E-state index in [1.54, 1.807) is 31.2 Å². The van der Waals surface area contributed by atoms with E-state index in [1.165, 1.54) is 6.07 Å². The number of benzene rings is 2. The lowest BCUT2D eigenvalue weighted by Crippen LogP contribution is -2.27. The number of hydrogen-bond donors (Lipinski definition) is 3. The molecular formula is C19H20FN3O2. The third-order valence-electron chi connectivity index (χ3n) is 3.94. The molecule has 6 heteroatoms. The summed E-state index contributed by atoms with van der Waals surface area (Å²) in [4.78, 5) is 12.1. The van der Waals surface area contributed by atoms with Gasteiger partial charge in [-0.2, -0.15) is 5.26 Å². The average Bonchev–Trinajstić information content (AvgIpc) is 2.61. The van der Waals surface area contributed by atoms with E-state index in [0.29, 0.717) is 16.8 Å². The van der Waals surface area contributed by atoms with Crippen molar-refractivity contribution in [1.29, 1.82) is 5.26 Å². The van der Waals surface area contributed by atoms with Gasteiger partial charge in [-0.15, -0.1) is 0 Å². The molecule has 1 amide bonds. The number of rotatable bonds is 6. The summed E-state index contributed by atoms with van der Waals surface area (Å²) in [5.74, 6) is -0.721. The molecule has 2 rings (SSSR count). The zero-order valence-electron chi connectivity index (χ0n) is 14.1. The van der Waals surface area contributed by atoms with E-state index in [4.69, 9.17) is 10.4 Å². The molecule has 1 atom stereocenters. The van der Waals surface area contributed by atoms with Crippen LogP contribution in [0.25, 0.3) is 0 Å². The number of halogens is 1. The Morgan fingerprint density at radius 2 is 2.12 bits per heavy atom. The number of nitrogens with zero attached hydrogens (tertiary/aromatic N) is 1. The van der Waals surface area contributed by atoms with Gasteiger partial charge in [0.15, 0.2) is 0 Å². The van der Waals surface area contributed by atoms with Gasteiger partial charge >= 0.3 is 0 Å². The minimum Gasteiger partial charge on any atom is -0.395 e. The number of nitrogens with one attached hydrogen (secondary N) is 2. The highest BCUT2D eigenvalue weighted by atomic mass is 19.1. The monoisotopic (exact) mass is 341 g/mol. The minimum atomic E-state index is -0.450. The molecule has 2 aromatic carbocycles. The van der Waals surface area contributed by atoms with Crippen LogP contribution in [0.1, 0.15) is 40.0 Å². The predicted molar refractivity (Wildman–Crippen MR) is 93.8 cm³/mol. The van der Waals surface area contributed by atoms with Gasteiger partial charge in [-0.05, 0) is 43.7 Å². The molecule has 0 bridgehead atoms. The second-order valence-corrected chi connectivity index (χ2v) is 5.67. The topological polar surface area (TPSA) is 85.2 Å². The lowest BCUT2D eigenvalue weighted by atomic mass is 10.0. The highest BCUT2D eigenvalue weighted by Crippen LogP contribution is 2.26. The van der Waals surface area contributed by atoms with Crippen LogP contribution in [0.2, 0.25) is 0 Å². The number of carbonyl (C=O) groups excluding carboxylic acids is 1. The van der Waals surface area contributed by atoms with Crippen molar-refractivity contribution in [3.8, 4) is 6.07 Å². The van der Waals surface area contributed by atoms with Crippen LogP contribution in [0.5, 0.6) is 0 Å². The maximum absolute atomic E-state index is 14.2. The smallest absolute Gasteiger partial charge is 0.251 e. The van der Waals surface area contributed by atoms with Gasteiger partial charge in [0, 0.05) is 23.4 Å². The van der Waals surface area contributed by atoms with Gasteiger partial charge in [0.25, 0.3) is 5.91 Å². The Labute approximate surface area is 146 Å². The molecule has 0 fully saturated rings. The Bertz CT molecular complexity index is 815. The first-order valence-corrected chi connectivity index (χ1v) is 7.92. The molecule has 1 unspecified atom stereocenters. The molecule has 25 heavy (non-hydrogen) atoms. The lowest BCUT2D eigenvalue weighted by molar-refractivity contribution is 0.0944. The largest absolute Gasteiger partial charge is 0.395 e. The average molecular weight is 341 g/mol. The van der Waals surface area contributed by atoms with Crippen molar-refractivity contribution in [2.24, 2.45) is 0 Å². The number of aliphatic hydroxyl groups excluding tert-OH is 1. The SMILES string of the molecule is Cc1c(NC(C)c2ccc(C#N)cc2F)cccc1C(=O)NCCO. The summed E-state index contributed by atoms with van der Waals surface area (Å²) in [5.41, 5.74) is 2.65. The molecule has 0 heterocycles. The van der Waals surface area contributed by atoms with Gasteiger partial charge in [0.1, 0.15) is 5.82 Å². The standard InChI is InChI=1S/C19H20FN3O2/c1-12-15(19(25)22-8-9-24)4-3-5-18(12)23-13(2)16-7-6-14(11-21)10-17(16)20/h3-7,10,13,23-24H,8-9H2,1-2H3,(H,22,25). The molecule has 0 saturated heterocycles. The summed E-state index contributed by atoms with van der Waals surface area (Å²) in [6, 6.07) is 11.2. The lowest BCUT2D eigenvalue weighted by Gasteiger charge is -2.19. The summed E-state index contributed by atoms with van der Waals surface area (Å²) in [5, 5.41) is 23.5. The Kier molecular flexibility index (Phi) is 6.09. The van der Waals surface area contributed by atoms with Crippen LogP contribution >= 0.6 is 0 Å². The first-order chi connectivity index (χ1) is 12.0. The summed E-state index contributed by atoms with van der Waals surface area (Å²) in [6.45, 7) is 3.67. The van der Waals surface area contributed by atoms with Crippen molar-refractivity contribution in [3.05, 3.63) is 64.5 Å². The van der Waals surface area contributed by atoms with Crippen molar-refractivity contribution < 1.29 is 14.3 Å². The summed E-state index contributed by atoms with van der Waals surface area (Å²) >= 11 is 0. The molecule has 2 aromatic rings. The van der Waals surface area contributed by atoms with Gasteiger partial charge in [-0.3, -0.25) is 4.79 Å². The first-order valence-electron chi connectivity index (χ1n) is 7.92. The Morgan fingerprint density at radius 3 is 2.76 bits per heavy atom. The summed E-state index contributed by atoms with van der Waals surface area (Å²) in [6.07, 6.45) is 0. The molecule has 0 saturated carbocycles. The third-order valence-corrected chi connectivity index (χ3v) is 3.94. The Hall–Kier alpha value is -2.91. The second-order valence-electron chi connectivity index (χ2n) is 5.67. The Balaban J connectivity index is 2.23. The van der Waals surface area contributed by atoms with Crippen LogP contribution in [-0.2, 0) is 0 Å². The van der Waals surface area contributed by atoms with E-state index in [9.17, 15) is 9.18 Å². The van der Waals surface area contributed by atoms with Crippen LogP contribution in [0.4, 0.5) is 10.1 Å². The molecule has 0 aliphatic heterocycles. The van der Waals surface area contributed by atoms with Crippen LogP contribution < -0.4 is 10.6 Å². The molecule has 0 aliphatic rings. The summed E-state index contributed by atoms with van der Waals surface area (Å²) in [7, 11) is 0. The highest BCUT2D eigenvalue weighted by molar-refractivity contribution is 5.97. The fourth-order valence-electron chi connectivity index (χ4n) is 2.56. The van der Waals surface area contributed by atoms with Crippen molar-refractivity contribution in [2.45, 2.75) is 19.9 Å². The van der Waals surface area contributed by atoms with Crippen molar-refractivity contribution in [3.63, 3.8) is 0 Å². The number of amides is 1.